The van der Waals surface area contributed by atoms with E-state index in [1.165, 1.54) is 12.0 Å². The van der Waals surface area contributed by atoms with Crippen LogP contribution in [0, 0.1) is 6.92 Å². The Kier molecular flexibility index (Phi) is 4.98. The van der Waals surface area contributed by atoms with Crippen LogP contribution in [0.2, 0.25) is 0 Å². The van der Waals surface area contributed by atoms with Gasteiger partial charge in [0.1, 0.15) is 6.54 Å². The van der Waals surface area contributed by atoms with E-state index in [0.717, 1.165) is 16.5 Å². The topological polar surface area (TPSA) is 54.7 Å². The van der Waals surface area contributed by atoms with Crippen LogP contribution in [0.4, 0.5) is 0 Å². The van der Waals surface area contributed by atoms with Gasteiger partial charge in [-0.15, -0.1) is 0 Å². The van der Waals surface area contributed by atoms with Crippen LogP contribution in [0.1, 0.15) is 5.56 Å². The molecule has 1 heterocycles. The Morgan fingerprint density at radius 1 is 1.43 bits per heavy atom. The number of methoxy groups -OCH3 is 1. The lowest BCUT2D eigenvalue weighted by molar-refractivity contribution is -0.132. The summed E-state index contributed by atoms with van der Waals surface area (Å²) in [6, 6.07) is 8.02. The summed E-state index contributed by atoms with van der Waals surface area (Å²) in [7, 11) is 3.22. The first-order valence-electron chi connectivity index (χ1n) is 6.98. The molecule has 0 bridgehead atoms. The number of para-hydroxylation sites is 1. The molecule has 0 aliphatic heterocycles. The van der Waals surface area contributed by atoms with Crippen molar-refractivity contribution in [3.63, 3.8) is 0 Å². The zero-order valence-corrected chi connectivity index (χ0v) is 12.7. The largest absolute Gasteiger partial charge is 0.389 e. The van der Waals surface area contributed by atoms with Gasteiger partial charge in [0.2, 0.25) is 5.91 Å². The Hall–Kier alpha value is -1.85. The molecule has 5 heteroatoms. The van der Waals surface area contributed by atoms with Gasteiger partial charge in [-0.25, -0.2) is 0 Å². The highest BCUT2D eigenvalue weighted by Crippen LogP contribution is 2.20. The number of fused-ring (bicyclic) bond motifs is 1. The number of hydrogen-bond acceptors (Lipinski definition) is 3. The van der Waals surface area contributed by atoms with Crippen LogP contribution < -0.4 is 0 Å². The molecule has 0 spiro atoms. The van der Waals surface area contributed by atoms with Crippen LogP contribution >= 0.6 is 0 Å². The van der Waals surface area contributed by atoms with Gasteiger partial charge >= 0.3 is 0 Å². The number of carbonyl (C=O) groups is 1. The van der Waals surface area contributed by atoms with Gasteiger partial charge in [0, 0.05) is 37.8 Å². The molecule has 5 nitrogen and oxygen atoms in total. The number of aliphatic hydroxyl groups excluding tert-OH is 1. The molecular formula is C16H22N2O3. The summed E-state index contributed by atoms with van der Waals surface area (Å²) in [6.45, 7) is 2.80. The Balaban J connectivity index is 2.07. The smallest absolute Gasteiger partial charge is 0.242 e. The fourth-order valence-corrected chi connectivity index (χ4v) is 2.49. The summed E-state index contributed by atoms with van der Waals surface area (Å²) in [4.78, 5) is 13.8. The molecule has 114 valence electrons. The highest BCUT2D eigenvalue weighted by atomic mass is 16.5. The molecule has 0 saturated carbocycles. The van der Waals surface area contributed by atoms with Crippen LogP contribution in [0.5, 0.6) is 0 Å². The molecule has 2 aromatic rings. The van der Waals surface area contributed by atoms with Gasteiger partial charge in [-0.3, -0.25) is 4.79 Å². The van der Waals surface area contributed by atoms with E-state index in [9.17, 15) is 9.90 Å². The number of nitrogens with zero attached hydrogens (tertiary/aromatic N) is 2. The van der Waals surface area contributed by atoms with Crippen LogP contribution in [-0.2, 0) is 16.1 Å². The number of carbonyl (C=O) groups excluding carboxylic acids is 1. The summed E-state index contributed by atoms with van der Waals surface area (Å²) in [5.41, 5.74) is 2.20. The second-order valence-corrected chi connectivity index (χ2v) is 5.34. The number of likely N-dealkylation sites (N-methyl/N-ethyl adjacent to an activating group) is 1. The lowest BCUT2D eigenvalue weighted by atomic mass is 10.2. The van der Waals surface area contributed by atoms with Crippen molar-refractivity contribution in [3.05, 3.63) is 36.0 Å². The van der Waals surface area contributed by atoms with Crippen molar-refractivity contribution < 1.29 is 14.6 Å². The van der Waals surface area contributed by atoms with E-state index in [-0.39, 0.29) is 25.6 Å². The van der Waals surface area contributed by atoms with E-state index >= 15 is 0 Å². The highest BCUT2D eigenvalue weighted by Gasteiger charge is 2.15. The average molecular weight is 290 g/mol. The number of aryl methyl sites for hydroxylation is 1. The number of benzene rings is 1. The molecule has 1 aromatic carbocycles. The standard InChI is InChI=1S/C16H22N2O3/c1-12-8-18(15-7-5-4-6-14(12)15)10-16(20)17(2)9-13(19)11-21-3/h4-8,13,19H,9-11H2,1-3H3. The highest BCUT2D eigenvalue weighted by molar-refractivity contribution is 5.85. The van der Waals surface area contributed by atoms with Crippen LogP contribution in [0.3, 0.4) is 0 Å². The molecule has 0 radical (unpaired) electrons. The zero-order chi connectivity index (χ0) is 15.4. The van der Waals surface area contributed by atoms with Crippen molar-refractivity contribution >= 4 is 16.8 Å². The second kappa shape index (κ2) is 6.74. The zero-order valence-electron chi connectivity index (χ0n) is 12.7. The summed E-state index contributed by atoms with van der Waals surface area (Å²) in [5, 5.41) is 10.8. The monoisotopic (exact) mass is 290 g/mol. The number of hydrogen-bond donors (Lipinski definition) is 1. The summed E-state index contributed by atoms with van der Waals surface area (Å²) in [6.07, 6.45) is 1.33. The van der Waals surface area contributed by atoms with Gasteiger partial charge in [-0.2, -0.15) is 0 Å². The van der Waals surface area contributed by atoms with Gasteiger partial charge in [0.15, 0.2) is 0 Å². The van der Waals surface area contributed by atoms with E-state index in [2.05, 4.69) is 6.07 Å². The third kappa shape index (κ3) is 3.62. The molecule has 1 amide bonds. The number of aliphatic hydroxyl groups is 1. The Morgan fingerprint density at radius 3 is 2.86 bits per heavy atom. The summed E-state index contributed by atoms with van der Waals surface area (Å²) >= 11 is 0. The predicted molar refractivity (Wildman–Crippen MR) is 82.2 cm³/mol. The molecule has 1 aromatic heterocycles. The molecule has 0 aliphatic carbocycles. The summed E-state index contributed by atoms with van der Waals surface area (Å²) < 4.78 is 6.82. The fraction of sp³-hybridized carbons (Fsp3) is 0.438. The lowest BCUT2D eigenvalue weighted by Crippen LogP contribution is -2.37. The minimum absolute atomic E-state index is 0.0362. The van der Waals surface area contributed by atoms with Crippen molar-refractivity contribution in [2.45, 2.75) is 19.6 Å². The normalized spacial score (nSPS) is 12.6. The lowest BCUT2D eigenvalue weighted by Gasteiger charge is -2.21. The van der Waals surface area contributed by atoms with Crippen LogP contribution in [-0.4, -0.2) is 53.9 Å². The van der Waals surface area contributed by atoms with Gasteiger partial charge < -0.3 is 19.3 Å². The van der Waals surface area contributed by atoms with Crippen molar-refractivity contribution in [1.82, 2.24) is 9.47 Å². The number of rotatable bonds is 6. The molecule has 0 fully saturated rings. The van der Waals surface area contributed by atoms with Gasteiger partial charge in [-0.05, 0) is 18.6 Å². The van der Waals surface area contributed by atoms with Crippen molar-refractivity contribution in [2.75, 3.05) is 27.3 Å². The first-order valence-corrected chi connectivity index (χ1v) is 6.98. The minimum Gasteiger partial charge on any atom is -0.389 e. The maximum atomic E-state index is 12.3. The van der Waals surface area contributed by atoms with E-state index in [1.54, 1.807) is 7.05 Å². The van der Waals surface area contributed by atoms with Gasteiger partial charge in [0.05, 0.1) is 12.7 Å². The molecular weight excluding hydrogens is 268 g/mol. The van der Waals surface area contributed by atoms with Gasteiger partial charge in [-0.1, -0.05) is 18.2 Å². The first-order chi connectivity index (χ1) is 10.0. The van der Waals surface area contributed by atoms with E-state index in [4.69, 9.17) is 4.74 Å². The Bertz CT molecular complexity index is 621. The Morgan fingerprint density at radius 2 is 2.14 bits per heavy atom. The van der Waals surface area contributed by atoms with Gasteiger partial charge in [0.25, 0.3) is 0 Å². The molecule has 1 atom stereocenters. The molecule has 21 heavy (non-hydrogen) atoms. The Labute approximate surface area is 124 Å². The maximum Gasteiger partial charge on any atom is 0.242 e. The molecule has 2 rings (SSSR count). The SMILES string of the molecule is COCC(O)CN(C)C(=O)Cn1cc(C)c2ccccc21. The predicted octanol–water partition coefficient (Wildman–Crippen LogP) is 1.42. The first kappa shape index (κ1) is 15.5. The van der Waals surface area contributed by atoms with E-state index < -0.39 is 6.10 Å². The van der Waals surface area contributed by atoms with Crippen molar-refractivity contribution in [1.29, 1.82) is 0 Å². The number of amides is 1. The third-order valence-corrected chi connectivity index (χ3v) is 3.56. The molecule has 0 saturated heterocycles. The molecule has 1 N–H and O–H groups in total. The minimum atomic E-state index is -0.660. The number of ether oxygens (including phenoxy) is 1. The maximum absolute atomic E-state index is 12.3. The van der Waals surface area contributed by atoms with Crippen molar-refractivity contribution in [2.24, 2.45) is 0 Å². The molecule has 0 aliphatic rings. The third-order valence-electron chi connectivity index (χ3n) is 3.56. The quantitative estimate of drug-likeness (QED) is 0.875. The van der Waals surface area contributed by atoms with E-state index in [0.29, 0.717) is 0 Å². The molecule has 1 unspecified atom stereocenters. The van der Waals surface area contributed by atoms with E-state index in [1.807, 2.05) is 35.9 Å². The average Bonchev–Trinajstić information content (AvgIpc) is 2.76. The fourth-order valence-electron chi connectivity index (χ4n) is 2.49. The number of aromatic nitrogens is 1. The van der Waals surface area contributed by atoms with Crippen LogP contribution in [0.15, 0.2) is 30.5 Å². The van der Waals surface area contributed by atoms with Crippen molar-refractivity contribution in [3.8, 4) is 0 Å². The summed E-state index contributed by atoms with van der Waals surface area (Å²) in [5.74, 6) is -0.0362. The van der Waals surface area contributed by atoms with Crippen LogP contribution in [0.25, 0.3) is 10.9 Å². The second-order valence-electron chi connectivity index (χ2n) is 5.34.